The zero-order valence-electron chi connectivity index (χ0n) is 10.3. The lowest BCUT2D eigenvalue weighted by atomic mass is 10.1. The van der Waals surface area contributed by atoms with Crippen LogP contribution in [0, 0.1) is 0 Å². The molecule has 4 nitrogen and oxygen atoms in total. The standard InChI is InChI=1S/C13H12F3N2O2/c14-13(15,16)20-12-4-2-1-3-11(12)9-5-6-10(7-17)18(19)8-9/h1-6,8,19H,7,17H2/q+1. The van der Waals surface area contributed by atoms with E-state index in [1.165, 1.54) is 30.5 Å². The normalized spacial score (nSPS) is 11.4. The van der Waals surface area contributed by atoms with Crippen LogP contribution in [-0.2, 0) is 6.54 Å². The predicted octanol–water partition coefficient (Wildman–Crippen LogP) is 2.24. The molecule has 1 heterocycles. The van der Waals surface area contributed by atoms with Crippen molar-refractivity contribution in [2.45, 2.75) is 12.9 Å². The molecule has 0 saturated heterocycles. The molecule has 3 N–H and O–H groups in total. The van der Waals surface area contributed by atoms with Crippen LogP contribution in [0.3, 0.4) is 0 Å². The molecule has 0 bridgehead atoms. The number of hydrogen-bond donors (Lipinski definition) is 2. The highest BCUT2D eigenvalue weighted by Gasteiger charge is 2.32. The molecule has 0 aliphatic rings. The first-order valence-corrected chi connectivity index (χ1v) is 5.70. The Labute approximate surface area is 112 Å². The number of aromatic nitrogens is 1. The van der Waals surface area contributed by atoms with Crippen LogP contribution in [0.25, 0.3) is 11.1 Å². The van der Waals surface area contributed by atoms with Crippen LogP contribution in [0.2, 0.25) is 0 Å². The van der Waals surface area contributed by atoms with Crippen molar-refractivity contribution in [2.75, 3.05) is 0 Å². The average molecular weight is 285 g/mol. The zero-order valence-corrected chi connectivity index (χ0v) is 10.3. The Kier molecular flexibility index (Phi) is 3.80. The van der Waals surface area contributed by atoms with E-state index in [1.54, 1.807) is 12.1 Å². The van der Waals surface area contributed by atoms with Gasteiger partial charge in [0.15, 0.2) is 0 Å². The highest BCUT2D eigenvalue weighted by atomic mass is 19.4. The molecule has 0 atom stereocenters. The molecule has 0 fully saturated rings. The number of para-hydroxylation sites is 1. The minimum Gasteiger partial charge on any atom is -0.405 e. The first-order chi connectivity index (χ1) is 9.40. The average Bonchev–Trinajstić information content (AvgIpc) is 2.37. The van der Waals surface area contributed by atoms with Gasteiger partial charge in [-0.05, 0) is 12.1 Å². The summed E-state index contributed by atoms with van der Waals surface area (Å²) >= 11 is 0. The third-order valence-electron chi connectivity index (χ3n) is 2.64. The molecule has 106 valence electrons. The van der Waals surface area contributed by atoms with Crippen LogP contribution in [0.15, 0.2) is 42.6 Å². The Bertz CT molecular complexity index is 615. The Hall–Kier alpha value is -2.28. The number of nitrogens with two attached hydrogens (primary N) is 1. The molecule has 0 unspecified atom stereocenters. The molecule has 0 spiro atoms. The molecule has 0 aliphatic heterocycles. The maximum absolute atomic E-state index is 12.3. The zero-order chi connectivity index (χ0) is 14.8. The first kappa shape index (κ1) is 14.1. The number of alkyl halides is 3. The van der Waals surface area contributed by atoms with Crippen molar-refractivity contribution in [3.8, 4) is 16.9 Å². The van der Waals surface area contributed by atoms with Gasteiger partial charge in [-0.25, -0.2) is 0 Å². The highest BCUT2D eigenvalue weighted by molar-refractivity contribution is 5.69. The summed E-state index contributed by atoms with van der Waals surface area (Å²) < 4.78 is 41.8. The molecular formula is C13H12F3N2O2+. The lowest BCUT2D eigenvalue weighted by Crippen LogP contribution is -2.36. The largest absolute Gasteiger partial charge is 0.573 e. The summed E-state index contributed by atoms with van der Waals surface area (Å²) in [5, 5.41) is 9.65. The summed E-state index contributed by atoms with van der Waals surface area (Å²) in [6.45, 7) is 0.109. The van der Waals surface area contributed by atoms with Crippen molar-refractivity contribution < 1.29 is 27.8 Å². The molecule has 0 aliphatic carbocycles. The number of rotatable bonds is 3. The predicted molar refractivity (Wildman–Crippen MR) is 63.8 cm³/mol. The minimum absolute atomic E-state index is 0.109. The van der Waals surface area contributed by atoms with E-state index < -0.39 is 6.36 Å². The number of ether oxygens (including phenoxy) is 1. The summed E-state index contributed by atoms with van der Waals surface area (Å²) in [4.78, 5) is 0. The minimum atomic E-state index is -4.78. The molecule has 7 heteroatoms. The Balaban J connectivity index is 2.45. The van der Waals surface area contributed by atoms with Gasteiger partial charge in [-0.3, -0.25) is 5.21 Å². The third-order valence-corrected chi connectivity index (χ3v) is 2.64. The third kappa shape index (κ3) is 3.18. The summed E-state index contributed by atoms with van der Waals surface area (Å²) in [6, 6.07) is 8.79. The molecule has 2 rings (SSSR count). The van der Waals surface area contributed by atoms with E-state index in [9.17, 15) is 18.4 Å². The molecule has 1 aromatic carbocycles. The van der Waals surface area contributed by atoms with Gasteiger partial charge < -0.3 is 10.5 Å². The SMILES string of the molecule is NCc1ccc(-c2ccccc2OC(F)(F)F)c[n+]1O. The fourth-order valence-electron chi connectivity index (χ4n) is 1.76. The lowest BCUT2D eigenvalue weighted by Gasteiger charge is -2.12. The van der Waals surface area contributed by atoms with Crippen molar-refractivity contribution in [3.63, 3.8) is 0 Å². The Morgan fingerprint density at radius 3 is 2.45 bits per heavy atom. The monoisotopic (exact) mass is 285 g/mol. The van der Waals surface area contributed by atoms with E-state index in [0.717, 1.165) is 4.73 Å². The van der Waals surface area contributed by atoms with Crippen molar-refractivity contribution in [1.29, 1.82) is 0 Å². The van der Waals surface area contributed by atoms with Crippen LogP contribution >= 0.6 is 0 Å². The summed E-state index contributed by atoms with van der Waals surface area (Å²) in [5.41, 5.74) is 6.43. The fourth-order valence-corrected chi connectivity index (χ4v) is 1.76. The second kappa shape index (κ2) is 5.38. The van der Waals surface area contributed by atoms with Crippen molar-refractivity contribution >= 4 is 0 Å². The van der Waals surface area contributed by atoms with Gasteiger partial charge in [0.05, 0.1) is 12.1 Å². The fraction of sp³-hybridized carbons (Fsp3) is 0.154. The van der Waals surface area contributed by atoms with E-state index in [4.69, 9.17) is 5.73 Å². The van der Waals surface area contributed by atoms with Crippen LogP contribution in [0.1, 0.15) is 5.69 Å². The van der Waals surface area contributed by atoms with Crippen molar-refractivity contribution in [3.05, 3.63) is 48.3 Å². The molecule has 0 amide bonds. The van der Waals surface area contributed by atoms with E-state index in [0.29, 0.717) is 11.3 Å². The van der Waals surface area contributed by atoms with E-state index >= 15 is 0 Å². The molecule has 0 saturated carbocycles. The first-order valence-electron chi connectivity index (χ1n) is 5.70. The Morgan fingerprint density at radius 2 is 1.85 bits per heavy atom. The topological polar surface area (TPSA) is 59.4 Å². The second-order valence-electron chi connectivity index (χ2n) is 4.00. The molecule has 2 aromatic rings. The summed E-state index contributed by atoms with van der Waals surface area (Å²) in [6.07, 6.45) is -3.50. The van der Waals surface area contributed by atoms with Gasteiger partial charge in [0.25, 0.3) is 0 Å². The number of nitrogens with zero attached hydrogens (tertiary/aromatic N) is 1. The van der Waals surface area contributed by atoms with Crippen LogP contribution in [0.4, 0.5) is 13.2 Å². The van der Waals surface area contributed by atoms with Gasteiger partial charge >= 0.3 is 6.36 Å². The quantitative estimate of drug-likeness (QED) is 0.671. The number of benzene rings is 1. The van der Waals surface area contributed by atoms with Gasteiger partial charge in [-0.15, -0.1) is 13.2 Å². The van der Waals surface area contributed by atoms with E-state index in [2.05, 4.69) is 4.74 Å². The highest BCUT2D eigenvalue weighted by Crippen LogP contribution is 2.32. The molecule has 0 radical (unpaired) electrons. The number of pyridine rings is 1. The van der Waals surface area contributed by atoms with Gasteiger partial charge in [0, 0.05) is 16.4 Å². The van der Waals surface area contributed by atoms with Gasteiger partial charge in [-0.1, -0.05) is 18.2 Å². The van der Waals surface area contributed by atoms with Crippen LogP contribution in [0.5, 0.6) is 5.75 Å². The maximum Gasteiger partial charge on any atom is 0.573 e. The molecular weight excluding hydrogens is 273 g/mol. The van der Waals surface area contributed by atoms with E-state index in [1.807, 2.05) is 0 Å². The summed E-state index contributed by atoms with van der Waals surface area (Å²) in [7, 11) is 0. The number of halogens is 3. The van der Waals surface area contributed by atoms with Gasteiger partial charge in [0.1, 0.15) is 5.75 Å². The smallest absolute Gasteiger partial charge is 0.405 e. The van der Waals surface area contributed by atoms with Gasteiger partial charge in [0.2, 0.25) is 11.9 Å². The van der Waals surface area contributed by atoms with Crippen molar-refractivity contribution in [2.24, 2.45) is 5.73 Å². The summed E-state index contributed by atoms with van der Waals surface area (Å²) in [5.74, 6) is -0.333. The second-order valence-corrected chi connectivity index (χ2v) is 4.00. The van der Waals surface area contributed by atoms with Crippen molar-refractivity contribution in [1.82, 2.24) is 0 Å². The van der Waals surface area contributed by atoms with Crippen LogP contribution < -0.4 is 15.2 Å². The van der Waals surface area contributed by atoms with Crippen LogP contribution in [-0.4, -0.2) is 11.6 Å². The lowest BCUT2D eigenvalue weighted by molar-refractivity contribution is -0.909. The number of hydrogen-bond acceptors (Lipinski definition) is 3. The molecule has 1 aromatic heterocycles. The Morgan fingerprint density at radius 1 is 1.15 bits per heavy atom. The van der Waals surface area contributed by atoms with Gasteiger partial charge in [-0.2, -0.15) is 0 Å². The maximum atomic E-state index is 12.3. The van der Waals surface area contributed by atoms with E-state index in [-0.39, 0.29) is 17.9 Å². The molecule has 20 heavy (non-hydrogen) atoms.